The molecule has 0 atom stereocenters. The smallest absolute Gasteiger partial charge is 0.257 e. The van der Waals surface area contributed by atoms with E-state index in [-0.39, 0.29) is 23.5 Å². The van der Waals surface area contributed by atoms with E-state index in [0.717, 1.165) is 72.1 Å². The van der Waals surface area contributed by atoms with Crippen LogP contribution in [0.5, 0.6) is 0 Å². The number of rotatable bonds is 11. The number of aliphatic hydroxyl groups excluding tert-OH is 1. The van der Waals surface area contributed by atoms with Crippen LogP contribution in [0.25, 0.3) is 16.8 Å². The summed E-state index contributed by atoms with van der Waals surface area (Å²) in [6.45, 7) is 5.89. The fourth-order valence-corrected chi connectivity index (χ4v) is 6.16. The standard InChI is InChI=1S/C34H43N5O5/c1-4-7-29-28(20-22-10-12-23(13-11-22)26-8-5-6-9-27(26)31(35)37-33(41)42)32(40)38(30-18-19-36-39(29)30)24-14-16-25(17-15-24)44-21-34(2,3)43/h5-6,8-13,18-19,24-25,33,41-43H,4,7,14-17,20-21H2,1-3H3,(H2,35,37). The molecule has 2 heterocycles. The molecule has 0 unspecified atom stereocenters. The minimum atomic E-state index is -1.89. The van der Waals surface area contributed by atoms with E-state index in [1.807, 2.05) is 57.6 Å². The zero-order valence-electron chi connectivity index (χ0n) is 25.7. The molecular formula is C34H43N5O5. The first-order valence-electron chi connectivity index (χ1n) is 15.4. The van der Waals surface area contributed by atoms with Crippen LogP contribution in [0.3, 0.4) is 0 Å². The highest BCUT2D eigenvalue weighted by Gasteiger charge is 2.28. The van der Waals surface area contributed by atoms with Gasteiger partial charge >= 0.3 is 0 Å². The highest BCUT2D eigenvalue weighted by molar-refractivity contribution is 6.03. The van der Waals surface area contributed by atoms with Crippen LogP contribution >= 0.6 is 0 Å². The Bertz CT molecular complexity index is 1660. The lowest BCUT2D eigenvalue weighted by molar-refractivity contribution is -0.0654. The fraction of sp³-hybridized carbons (Fsp3) is 0.441. The number of aromatic nitrogens is 3. The third-order valence-corrected chi connectivity index (χ3v) is 8.22. The summed E-state index contributed by atoms with van der Waals surface area (Å²) in [6, 6.07) is 17.4. The first-order chi connectivity index (χ1) is 21.1. The number of aryl methyl sites for hydroxylation is 1. The number of aliphatic hydroxyl groups is 3. The second kappa shape index (κ2) is 13.4. The van der Waals surface area contributed by atoms with Crippen molar-refractivity contribution in [3.8, 4) is 11.1 Å². The number of hydrogen-bond donors (Lipinski definition) is 4. The molecule has 0 spiro atoms. The Balaban J connectivity index is 1.45. The van der Waals surface area contributed by atoms with Crippen LogP contribution in [0.15, 0.2) is 70.6 Å². The molecule has 1 aliphatic carbocycles. The van der Waals surface area contributed by atoms with E-state index in [0.29, 0.717) is 18.6 Å². The van der Waals surface area contributed by atoms with Crippen molar-refractivity contribution in [3.63, 3.8) is 0 Å². The Labute approximate surface area is 257 Å². The second-order valence-corrected chi connectivity index (χ2v) is 12.3. The third kappa shape index (κ3) is 7.10. The third-order valence-electron chi connectivity index (χ3n) is 8.22. The van der Waals surface area contributed by atoms with Gasteiger partial charge in [-0.25, -0.2) is 9.51 Å². The Hall–Kier alpha value is -3.83. The predicted octanol–water partition coefficient (Wildman–Crippen LogP) is 3.95. The minimum Gasteiger partial charge on any atom is -0.388 e. The van der Waals surface area contributed by atoms with Crippen LogP contribution < -0.4 is 11.3 Å². The van der Waals surface area contributed by atoms with Gasteiger partial charge in [0.1, 0.15) is 11.5 Å². The van der Waals surface area contributed by atoms with Crippen molar-refractivity contribution in [1.82, 2.24) is 14.2 Å². The average Bonchev–Trinajstić information content (AvgIpc) is 3.47. The molecule has 0 amide bonds. The summed E-state index contributed by atoms with van der Waals surface area (Å²) in [5.74, 6) is 0.0368. The molecule has 5 rings (SSSR count). The molecule has 0 saturated heterocycles. The van der Waals surface area contributed by atoms with Crippen molar-refractivity contribution in [3.05, 3.63) is 93.5 Å². The molecule has 0 bridgehead atoms. The summed E-state index contributed by atoms with van der Waals surface area (Å²) < 4.78 is 9.86. The summed E-state index contributed by atoms with van der Waals surface area (Å²) in [4.78, 5) is 18.0. The first kappa shape index (κ1) is 31.6. The summed E-state index contributed by atoms with van der Waals surface area (Å²) in [6.07, 6.45) is 5.34. The number of fused-ring (bicyclic) bond motifs is 1. The molecule has 1 aliphatic rings. The van der Waals surface area contributed by atoms with Gasteiger partial charge in [0.25, 0.3) is 12.0 Å². The Morgan fingerprint density at radius 3 is 2.45 bits per heavy atom. The van der Waals surface area contributed by atoms with Crippen molar-refractivity contribution in [2.24, 2.45) is 10.7 Å². The van der Waals surface area contributed by atoms with Gasteiger partial charge in [-0.2, -0.15) is 5.10 Å². The van der Waals surface area contributed by atoms with Gasteiger partial charge in [-0.15, -0.1) is 0 Å². The van der Waals surface area contributed by atoms with Gasteiger partial charge in [0.2, 0.25) is 0 Å². The molecule has 10 heteroatoms. The Kier molecular flexibility index (Phi) is 9.65. The minimum absolute atomic E-state index is 0.0308. The molecule has 0 radical (unpaired) electrons. The van der Waals surface area contributed by atoms with Crippen LogP contribution in [-0.2, 0) is 17.6 Å². The largest absolute Gasteiger partial charge is 0.388 e. The van der Waals surface area contributed by atoms with Gasteiger partial charge in [-0.1, -0.05) is 61.9 Å². The summed E-state index contributed by atoms with van der Waals surface area (Å²) in [5.41, 5.74) is 11.0. The predicted molar refractivity (Wildman–Crippen MR) is 171 cm³/mol. The summed E-state index contributed by atoms with van der Waals surface area (Å²) >= 11 is 0. The van der Waals surface area contributed by atoms with E-state index in [9.17, 15) is 20.1 Å². The maximum absolute atomic E-state index is 14.3. The van der Waals surface area contributed by atoms with E-state index in [2.05, 4.69) is 17.0 Å². The van der Waals surface area contributed by atoms with E-state index in [1.165, 1.54) is 0 Å². The van der Waals surface area contributed by atoms with Gasteiger partial charge in [-0.3, -0.25) is 9.36 Å². The normalized spacial score (nSPS) is 17.9. The van der Waals surface area contributed by atoms with E-state index in [1.54, 1.807) is 26.1 Å². The van der Waals surface area contributed by atoms with Gasteiger partial charge in [0.05, 0.1) is 30.2 Å². The number of ether oxygens (including phenoxy) is 1. The topological polar surface area (TPSA) is 148 Å². The quantitative estimate of drug-likeness (QED) is 0.116. The Morgan fingerprint density at radius 2 is 1.80 bits per heavy atom. The molecular weight excluding hydrogens is 558 g/mol. The van der Waals surface area contributed by atoms with Crippen LogP contribution in [-0.4, -0.2) is 60.1 Å². The highest BCUT2D eigenvalue weighted by Crippen LogP contribution is 2.32. The summed E-state index contributed by atoms with van der Waals surface area (Å²) in [7, 11) is 0. The number of nitrogens with two attached hydrogens (primary N) is 1. The van der Waals surface area contributed by atoms with Crippen molar-refractivity contribution < 1.29 is 20.1 Å². The number of hydrogen-bond acceptors (Lipinski definition) is 7. The SMILES string of the molecule is CCCc1c(Cc2ccc(-c3ccccc3/C(N)=N/C(O)O)cc2)c(=O)n(C2CCC(OCC(C)(C)O)CC2)c2ccnn12. The van der Waals surface area contributed by atoms with Crippen LogP contribution in [0.4, 0.5) is 0 Å². The lowest BCUT2D eigenvalue weighted by Crippen LogP contribution is -2.36. The second-order valence-electron chi connectivity index (χ2n) is 12.3. The average molecular weight is 602 g/mol. The van der Waals surface area contributed by atoms with E-state index >= 15 is 0 Å². The maximum atomic E-state index is 14.3. The van der Waals surface area contributed by atoms with Crippen LogP contribution in [0, 0.1) is 0 Å². The molecule has 10 nitrogen and oxygen atoms in total. The summed E-state index contributed by atoms with van der Waals surface area (Å²) in [5, 5.41) is 33.2. The number of nitrogens with zero attached hydrogens (tertiary/aromatic N) is 4. The first-order valence-corrected chi connectivity index (χ1v) is 15.4. The number of aliphatic imine (C=N–C) groups is 1. The van der Waals surface area contributed by atoms with Gasteiger partial charge in [-0.05, 0) is 62.6 Å². The fourth-order valence-electron chi connectivity index (χ4n) is 6.16. The zero-order chi connectivity index (χ0) is 31.4. The van der Waals surface area contributed by atoms with Gasteiger partial charge in [0, 0.05) is 29.7 Å². The van der Waals surface area contributed by atoms with Crippen LogP contribution in [0.2, 0.25) is 0 Å². The number of amidine groups is 1. The monoisotopic (exact) mass is 601 g/mol. The zero-order valence-corrected chi connectivity index (χ0v) is 25.7. The van der Waals surface area contributed by atoms with Crippen molar-refractivity contribution in [1.29, 1.82) is 0 Å². The molecule has 2 aromatic carbocycles. The van der Waals surface area contributed by atoms with Crippen molar-refractivity contribution >= 4 is 11.5 Å². The molecule has 1 fully saturated rings. The molecule has 4 aromatic rings. The molecule has 44 heavy (non-hydrogen) atoms. The maximum Gasteiger partial charge on any atom is 0.257 e. The molecule has 0 aliphatic heterocycles. The highest BCUT2D eigenvalue weighted by atomic mass is 16.5. The van der Waals surface area contributed by atoms with Crippen LogP contribution in [0.1, 0.15) is 81.3 Å². The van der Waals surface area contributed by atoms with Crippen molar-refractivity contribution in [2.75, 3.05) is 6.61 Å². The molecule has 5 N–H and O–H groups in total. The van der Waals surface area contributed by atoms with E-state index in [4.69, 9.17) is 10.5 Å². The van der Waals surface area contributed by atoms with Gasteiger partial charge < -0.3 is 25.8 Å². The lowest BCUT2D eigenvalue weighted by Gasteiger charge is -2.32. The number of benzene rings is 2. The van der Waals surface area contributed by atoms with Crippen molar-refractivity contribution in [2.45, 2.75) is 89.9 Å². The molecule has 234 valence electrons. The lowest BCUT2D eigenvalue weighted by atomic mass is 9.92. The van der Waals surface area contributed by atoms with Gasteiger partial charge in [0.15, 0.2) is 0 Å². The Morgan fingerprint density at radius 1 is 1.09 bits per heavy atom. The van der Waals surface area contributed by atoms with E-state index < -0.39 is 12.0 Å². The molecule has 1 saturated carbocycles. The molecule has 2 aromatic heterocycles.